The molecule has 5 heteroatoms. The van der Waals surface area contributed by atoms with Crippen molar-refractivity contribution in [1.82, 2.24) is 4.98 Å². The first-order chi connectivity index (χ1) is 9.08. The molecule has 0 amide bonds. The summed E-state index contributed by atoms with van der Waals surface area (Å²) in [5, 5.41) is 9.78. The molecule has 1 aromatic heterocycles. The molecule has 0 bridgehead atoms. The van der Waals surface area contributed by atoms with Crippen LogP contribution in [0.5, 0.6) is 6.08 Å². The van der Waals surface area contributed by atoms with Gasteiger partial charge in [0.1, 0.15) is 17.0 Å². The Bertz CT molecular complexity index is 670. The molecule has 0 fully saturated rings. The minimum Gasteiger partial charge on any atom is -0.508 e. The fraction of sp³-hybridized carbons (Fsp3) is 0.0714. The first-order valence-electron chi connectivity index (χ1n) is 5.52. The molecule has 0 atom stereocenters. The summed E-state index contributed by atoms with van der Waals surface area (Å²) in [4.78, 5) is 4.15. The molecule has 1 heterocycles. The highest BCUT2D eigenvalue weighted by Crippen LogP contribution is 2.24. The molecule has 2 rings (SSSR count). The van der Waals surface area contributed by atoms with Gasteiger partial charge in [0.25, 0.3) is 0 Å². The van der Waals surface area contributed by atoms with Gasteiger partial charge in [0.2, 0.25) is 0 Å². The molecular formula is C14H12ClNO3. The zero-order chi connectivity index (χ0) is 13.8. The van der Waals surface area contributed by atoms with Crippen LogP contribution in [0.25, 0.3) is 11.1 Å². The van der Waals surface area contributed by atoms with E-state index in [0.29, 0.717) is 21.9 Å². The Morgan fingerprint density at radius 2 is 2.26 bits per heavy atom. The molecular weight excluding hydrogens is 266 g/mol. The molecule has 0 saturated carbocycles. The van der Waals surface area contributed by atoms with Gasteiger partial charge in [-0.25, -0.2) is 0 Å². The van der Waals surface area contributed by atoms with Gasteiger partial charge in [-0.05, 0) is 37.3 Å². The van der Waals surface area contributed by atoms with Crippen LogP contribution in [0.15, 0.2) is 58.9 Å². The lowest BCUT2D eigenvalue weighted by Gasteiger charge is -1.98. The molecule has 0 saturated heterocycles. The number of halogens is 1. The number of aromatic nitrogens is 1. The largest absolute Gasteiger partial charge is 0.508 e. The van der Waals surface area contributed by atoms with Crippen molar-refractivity contribution in [3.05, 3.63) is 59.5 Å². The van der Waals surface area contributed by atoms with Crippen LogP contribution in [0.2, 0.25) is 5.02 Å². The van der Waals surface area contributed by atoms with Gasteiger partial charge >= 0.3 is 6.08 Å². The summed E-state index contributed by atoms with van der Waals surface area (Å²) < 4.78 is 10.8. The number of oxazole rings is 1. The second-order valence-corrected chi connectivity index (χ2v) is 4.20. The summed E-state index contributed by atoms with van der Waals surface area (Å²) in [5.41, 5.74) is 1.22. The number of rotatable bonds is 4. The molecule has 0 aliphatic heterocycles. The molecule has 2 aromatic rings. The van der Waals surface area contributed by atoms with Gasteiger partial charge in [0, 0.05) is 11.1 Å². The number of hydrogen-bond donors (Lipinski definition) is 1. The smallest absolute Gasteiger partial charge is 0.399 e. The van der Waals surface area contributed by atoms with E-state index in [4.69, 9.17) is 20.8 Å². The highest BCUT2D eigenvalue weighted by molar-refractivity contribution is 6.31. The van der Waals surface area contributed by atoms with Gasteiger partial charge in [-0.15, -0.1) is 0 Å². The molecule has 1 aromatic carbocycles. The summed E-state index contributed by atoms with van der Waals surface area (Å²) >= 11 is 5.85. The van der Waals surface area contributed by atoms with Gasteiger partial charge in [0.15, 0.2) is 5.58 Å². The molecule has 0 aliphatic carbocycles. The van der Waals surface area contributed by atoms with Crippen LogP contribution in [0.4, 0.5) is 0 Å². The van der Waals surface area contributed by atoms with E-state index in [2.05, 4.69) is 11.6 Å². The Labute approximate surface area is 115 Å². The first kappa shape index (κ1) is 13.2. The average molecular weight is 278 g/mol. The van der Waals surface area contributed by atoms with Crippen LogP contribution in [0.1, 0.15) is 6.92 Å². The quantitative estimate of drug-likeness (QED) is 0.665. The number of allylic oxidation sites excluding steroid dienone is 4. The van der Waals surface area contributed by atoms with Crippen LogP contribution in [-0.2, 0) is 0 Å². The standard InChI is InChI=1S/C14H12ClNO3/c1-3-11(17)6-4-9(2)18-14-16-12-7-5-10(15)8-13(12)19-14/h3-8,17H,1H2,2H3/b9-4+,11-6+. The van der Waals surface area contributed by atoms with E-state index in [1.54, 1.807) is 31.2 Å². The Kier molecular flexibility index (Phi) is 3.92. The van der Waals surface area contributed by atoms with Crippen molar-refractivity contribution in [2.45, 2.75) is 6.92 Å². The average Bonchev–Trinajstić information content (AvgIpc) is 2.77. The summed E-state index contributed by atoms with van der Waals surface area (Å²) in [6.07, 6.45) is 4.49. The maximum Gasteiger partial charge on any atom is 0.399 e. The minimum absolute atomic E-state index is 0.0484. The zero-order valence-corrected chi connectivity index (χ0v) is 11.0. The second kappa shape index (κ2) is 5.63. The van der Waals surface area contributed by atoms with Gasteiger partial charge in [-0.1, -0.05) is 18.2 Å². The third-order valence-electron chi connectivity index (χ3n) is 2.28. The Hall–Kier alpha value is -2.20. The summed E-state index contributed by atoms with van der Waals surface area (Å²) in [7, 11) is 0. The van der Waals surface area contributed by atoms with Crippen molar-refractivity contribution in [2.75, 3.05) is 0 Å². The monoisotopic (exact) mass is 277 g/mol. The van der Waals surface area contributed by atoms with Crippen molar-refractivity contribution < 1.29 is 14.3 Å². The Morgan fingerprint density at radius 3 is 3.00 bits per heavy atom. The third-order valence-corrected chi connectivity index (χ3v) is 2.51. The van der Waals surface area contributed by atoms with Crippen molar-refractivity contribution >= 4 is 22.7 Å². The van der Waals surface area contributed by atoms with Crippen LogP contribution in [0, 0.1) is 0 Å². The summed E-state index contributed by atoms with van der Waals surface area (Å²) in [6, 6.07) is 5.14. The number of aliphatic hydroxyl groups excluding tert-OH is 1. The van der Waals surface area contributed by atoms with Crippen LogP contribution >= 0.6 is 11.6 Å². The van der Waals surface area contributed by atoms with Crippen molar-refractivity contribution in [3.63, 3.8) is 0 Å². The fourth-order valence-corrected chi connectivity index (χ4v) is 1.53. The second-order valence-electron chi connectivity index (χ2n) is 3.77. The summed E-state index contributed by atoms with van der Waals surface area (Å²) in [5.74, 6) is 0.568. The van der Waals surface area contributed by atoms with Crippen molar-refractivity contribution in [1.29, 1.82) is 0 Å². The molecule has 19 heavy (non-hydrogen) atoms. The lowest BCUT2D eigenvalue weighted by molar-refractivity contribution is 0.311. The van der Waals surface area contributed by atoms with Crippen molar-refractivity contribution in [3.8, 4) is 6.08 Å². The van der Waals surface area contributed by atoms with E-state index in [9.17, 15) is 5.11 Å². The van der Waals surface area contributed by atoms with E-state index in [0.717, 1.165) is 0 Å². The molecule has 1 N–H and O–H groups in total. The normalized spacial score (nSPS) is 12.7. The van der Waals surface area contributed by atoms with Crippen LogP contribution in [-0.4, -0.2) is 10.1 Å². The van der Waals surface area contributed by atoms with E-state index in [-0.39, 0.29) is 11.8 Å². The lowest BCUT2D eigenvalue weighted by Crippen LogP contribution is -1.90. The predicted molar refractivity (Wildman–Crippen MR) is 74.3 cm³/mol. The number of nitrogens with zero attached hydrogens (tertiary/aromatic N) is 1. The Morgan fingerprint density at radius 1 is 1.47 bits per heavy atom. The first-order valence-corrected chi connectivity index (χ1v) is 5.90. The lowest BCUT2D eigenvalue weighted by atomic mass is 10.3. The molecule has 0 spiro atoms. The number of aliphatic hydroxyl groups is 1. The number of fused-ring (bicyclic) bond motifs is 1. The molecule has 0 aliphatic rings. The number of benzene rings is 1. The fourth-order valence-electron chi connectivity index (χ4n) is 1.36. The number of ether oxygens (including phenoxy) is 1. The highest BCUT2D eigenvalue weighted by atomic mass is 35.5. The molecule has 0 unspecified atom stereocenters. The molecule has 0 radical (unpaired) electrons. The maximum absolute atomic E-state index is 9.21. The Balaban J connectivity index is 2.19. The van der Waals surface area contributed by atoms with Gasteiger partial charge < -0.3 is 14.3 Å². The minimum atomic E-state index is 0.0484. The van der Waals surface area contributed by atoms with Gasteiger partial charge in [0.05, 0.1) is 0 Å². The zero-order valence-electron chi connectivity index (χ0n) is 10.3. The number of hydrogen-bond acceptors (Lipinski definition) is 4. The van der Waals surface area contributed by atoms with Crippen molar-refractivity contribution in [2.24, 2.45) is 0 Å². The van der Waals surface area contributed by atoms with E-state index in [1.165, 1.54) is 12.2 Å². The van der Waals surface area contributed by atoms with E-state index >= 15 is 0 Å². The highest BCUT2D eigenvalue weighted by Gasteiger charge is 2.07. The maximum atomic E-state index is 9.21. The van der Waals surface area contributed by atoms with Gasteiger partial charge in [-0.2, -0.15) is 4.98 Å². The molecule has 98 valence electrons. The van der Waals surface area contributed by atoms with E-state index < -0.39 is 0 Å². The molecule has 4 nitrogen and oxygen atoms in total. The topological polar surface area (TPSA) is 55.5 Å². The SMILES string of the molecule is C=C/C(O)=C\C=C(/C)Oc1nc2ccc(Cl)cc2o1. The van der Waals surface area contributed by atoms with Crippen LogP contribution < -0.4 is 4.74 Å². The van der Waals surface area contributed by atoms with Gasteiger partial charge in [-0.3, -0.25) is 0 Å². The van der Waals surface area contributed by atoms with E-state index in [1.807, 2.05) is 0 Å². The summed E-state index contributed by atoms with van der Waals surface area (Å²) in [6.45, 7) is 5.14. The van der Waals surface area contributed by atoms with Crippen LogP contribution in [0.3, 0.4) is 0 Å². The third kappa shape index (κ3) is 3.39. The predicted octanol–water partition coefficient (Wildman–Crippen LogP) is 4.39.